The first kappa shape index (κ1) is 17.7. The van der Waals surface area contributed by atoms with E-state index in [0.29, 0.717) is 17.9 Å². The van der Waals surface area contributed by atoms with Crippen LogP contribution < -0.4 is 0 Å². The minimum Gasteiger partial charge on any atom is -0.462 e. The summed E-state index contributed by atoms with van der Waals surface area (Å²) in [5.74, 6) is 1.88. The van der Waals surface area contributed by atoms with E-state index < -0.39 is 0 Å². The second-order valence-corrected chi connectivity index (χ2v) is 7.39. The van der Waals surface area contributed by atoms with Gasteiger partial charge in [-0.25, -0.2) is 0 Å². The zero-order chi connectivity index (χ0) is 16.1. The predicted molar refractivity (Wildman–Crippen MR) is 87.7 cm³/mol. The largest absolute Gasteiger partial charge is 0.462 e. The van der Waals surface area contributed by atoms with Crippen molar-refractivity contribution in [3.8, 4) is 0 Å². The van der Waals surface area contributed by atoms with Crippen molar-refractivity contribution >= 4 is 5.97 Å². The van der Waals surface area contributed by atoms with Crippen molar-refractivity contribution in [2.75, 3.05) is 27.2 Å². The standard InChI is InChI=1S/C18H33NO3/c1-13(16-12-19(3)10-9-17(16)21-4)7-5-6-8-15-11-18(15)22-14(2)20/h13,15-18H,5-12H2,1-4H3. The molecule has 0 aromatic heterocycles. The lowest BCUT2D eigenvalue weighted by Gasteiger charge is -2.39. The van der Waals surface area contributed by atoms with Gasteiger partial charge >= 0.3 is 5.97 Å². The Bertz CT molecular complexity index is 360. The normalized spacial score (nSPS) is 33.5. The molecule has 1 saturated heterocycles. The molecule has 4 nitrogen and oxygen atoms in total. The van der Waals surface area contributed by atoms with E-state index in [1.54, 1.807) is 0 Å². The van der Waals surface area contributed by atoms with E-state index in [-0.39, 0.29) is 12.1 Å². The van der Waals surface area contributed by atoms with Crippen molar-refractivity contribution < 1.29 is 14.3 Å². The highest BCUT2D eigenvalue weighted by Crippen LogP contribution is 2.38. The maximum atomic E-state index is 10.9. The minimum absolute atomic E-state index is 0.131. The predicted octanol–water partition coefficient (Wildman–Crippen LogP) is 3.10. The highest BCUT2D eigenvalue weighted by molar-refractivity contribution is 5.66. The molecule has 2 rings (SSSR count). The fourth-order valence-electron chi connectivity index (χ4n) is 3.94. The number of hydrogen-bond donors (Lipinski definition) is 0. The molecular weight excluding hydrogens is 278 g/mol. The molecule has 0 aromatic rings. The summed E-state index contributed by atoms with van der Waals surface area (Å²) in [6, 6.07) is 0. The number of ether oxygens (including phenoxy) is 2. The summed E-state index contributed by atoms with van der Waals surface area (Å²) >= 11 is 0. The molecule has 0 aromatic carbocycles. The van der Waals surface area contributed by atoms with Crippen LogP contribution in [-0.4, -0.2) is 50.3 Å². The van der Waals surface area contributed by atoms with Gasteiger partial charge in [0, 0.05) is 33.0 Å². The van der Waals surface area contributed by atoms with Crippen LogP contribution in [0.3, 0.4) is 0 Å². The Labute approximate surface area is 135 Å². The molecule has 5 atom stereocenters. The van der Waals surface area contributed by atoms with Gasteiger partial charge in [-0.1, -0.05) is 26.2 Å². The van der Waals surface area contributed by atoms with Crippen LogP contribution in [0.2, 0.25) is 0 Å². The lowest BCUT2D eigenvalue weighted by molar-refractivity contribution is -0.142. The summed E-state index contributed by atoms with van der Waals surface area (Å²) < 4.78 is 10.9. The van der Waals surface area contributed by atoms with Gasteiger partial charge < -0.3 is 14.4 Å². The maximum absolute atomic E-state index is 10.9. The van der Waals surface area contributed by atoms with Crippen LogP contribution in [0.25, 0.3) is 0 Å². The number of unbranched alkanes of at least 4 members (excludes halogenated alkanes) is 1. The van der Waals surface area contributed by atoms with Gasteiger partial charge in [0.1, 0.15) is 6.10 Å². The number of carbonyl (C=O) groups excluding carboxylic acids is 1. The summed E-state index contributed by atoms with van der Waals surface area (Å²) in [4.78, 5) is 13.3. The van der Waals surface area contributed by atoms with Gasteiger partial charge in [-0.2, -0.15) is 0 Å². The van der Waals surface area contributed by atoms with Gasteiger partial charge in [0.05, 0.1) is 6.10 Å². The van der Waals surface area contributed by atoms with Crippen LogP contribution in [-0.2, 0) is 14.3 Å². The summed E-state index contributed by atoms with van der Waals surface area (Å²) in [6.45, 7) is 6.21. The fraction of sp³-hybridized carbons (Fsp3) is 0.944. The van der Waals surface area contributed by atoms with Crippen LogP contribution >= 0.6 is 0 Å². The first-order valence-corrected chi connectivity index (χ1v) is 8.89. The molecule has 1 aliphatic carbocycles. The molecule has 1 aliphatic heterocycles. The molecule has 5 unspecified atom stereocenters. The monoisotopic (exact) mass is 311 g/mol. The number of nitrogens with zero attached hydrogens (tertiary/aromatic N) is 1. The van der Waals surface area contributed by atoms with E-state index in [2.05, 4.69) is 18.9 Å². The minimum atomic E-state index is -0.131. The van der Waals surface area contributed by atoms with Crippen LogP contribution in [0.4, 0.5) is 0 Å². The fourth-order valence-corrected chi connectivity index (χ4v) is 3.94. The Kier molecular flexibility index (Phi) is 6.69. The molecule has 22 heavy (non-hydrogen) atoms. The molecule has 128 valence electrons. The smallest absolute Gasteiger partial charge is 0.302 e. The summed E-state index contributed by atoms with van der Waals surface area (Å²) in [6.07, 6.45) is 7.92. The highest BCUT2D eigenvalue weighted by Gasteiger charge is 2.39. The Balaban J connectivity index is 1.61. The molecule has 0 radical (unpaired) electrons. The van der Waals surface area contributed by atoms with Gasteiger partial charge in [0.15, 0.2) is 0 Å². The quantitative estimate of drug-likeness (QED) is 0.510. The van der Waals surface area contributed by atoms with Crippen molar-refractivity contribution in [1.29, 1.82) is 0 Å². The average Bonchev–Trinajstić information content (AvgIpc) is 3.20. The molecule has 0 spiro atoms. The van der Waals surface area contributed by atoms with Crippen LogP contribution in [0.1, 0.15) is 52.4 Å². The number of likely N-dealkylation sites (tertiary alicyclic amines) is 1. The Morgan fingerprint density at radius 1 is 1.32 bits per heavy atom. The third kappa shape index (κ3) is 5.24. The molecule has 2 aliphatic rings. The molecule has 0 amide bonds. The highest BCUT2D eigenvalue weighted by atomic mass is 16.5. The van der Waals surface area contributed by atoms with Gasteiger partial charge in [-0.15, -0.1) is 0 Å². The number of hydrogen-bond acceptors (Lipinski definition) is 4. The van der Waals surface area contributed by atoms with Crippen LogP contribution in [0.5, 0.6) is 0 Å². The average molecular weight is 311 g/mol. The lowest BCUT2D eigenvalue weighted by Crippen LogP contribution is -2.44. The first-order valence-electron chi connectivity index (χ1n) is 8.89. The first-order chi connectivity index (χ1) is 10.5. The lowest BCUT2D eigenvalue weighted by atomic mass is 9.81. The number of piperidine rings is 1. The number of esters is 1. The summed E-state index contributed by atoms with van der Waals surface area (Å²) in [5, 5.41) is 0. The van der Waals surface area contributed by atoms with Crippen molar-refractivity contribution in [2.24, 2.45) is 17.8 Å². The zero-order valence-corrected chi connectivity index (χ0v) is 14.7. The van der Waals surface area contributed by atoms with Crippen molar-refractivity contribution in [2.45, 2.75) is 64.6 Å². The van der Waals surface area contributed by atoms with Crippen molar-refractivity contribution in [3.05, 3.63) is 0 Å². The van der Waals surface area contributed by atoms with E-state index in [0.717, 1.165) is 31.8 Å². The van der Waals surface area contributed by atoms with Gasteiger partial charge in [-0.3, -0.25) is 4.79 Å². The van der Waals surface area contributed by atoms with E-state index in [1.807, 2.05) is 7.11 Å². The number of rotatable bonds is 8. The van der Waals surface area contributed by atoms with Crippen molar-refractivity contribution in [3.63, 3.8) is 0 Å². The Hall–Kier alpha value is -0.610. The number of carbonyl (C=O) groups is 1. The Morgan fingerprint density at radius 3 is 2.77 bits per heavy atom. The second-order valence-electron chi connectivity index (χ2n) is 7.39. The molecule has 0 N–H and O–H groups in total. The SMILES string of the molecule is COC1CCN(C)CC1C(C)CCCCC1CC1OC(C)=O. The number of methoxy groups -OCH3 is 1. The molecule has 0 bridgehead atoms. The molecule has 4 heteroatoms. The van der Waals surface area contributed by atoms with E-state index in [9.17, 15) is 4.79 Å². The third-order valence-electron chi connectivity index (χ3n) is 5.49. The second kappa shape index (κ2) is 8.30. The third-order valence-corrected chi connectivity index (χ3v) is 5.49. The van der Waals surface area contributed by atoms with Gasteiger partial charge in [-0.05, 0) is 38.1 Å². The molecular formula is C18H33NO3. The van der Waals surface area contributed by atoms with Crippen LogP contribution in [0, 0.1) is 17.8 Å². The van der Waals surface area contributed by atoms with Crippen molar-refractivity contribution in [1.82, 2.24) is 4.90 Å². The molecule has 1 heterocycles. The van der Waals surface area contributed by atoms with E-state index in [4.69, 9.17) is 9.47 Å². The molecule has 1 saturated carbocycles. The molecule has 2 fully saturated rings. The zero-order valence-electron chi connectivity index (χ0n) is 14.7. The summed E-state index contributed by atoms with van der Waals surface area (Å²) in [5.41, 5.74) is 0. The summed E-state index contributed by atoms with van der Waals surface area (Å²) in [7, 11) is 4.08. The van der Waals surface area contributed by atoms with E-state index >= 15 is 0 Å². The maximum Gasteiger partial charge on any atom is 0.302 e. The van der Waals surface area contributed by atoms with Crippen LogP contribution in [0.15, 0.2) is 0 Å². The van der Waals surface area contributed by atoms with E-state index in [1.165, 1.54) is 32.6 Å². The Morgan fingerprint density at radius 2 is 2.09 bits per heavy atom. The topological polar surface area (TPSA) is 38.8 Å². The van der Waals surface area contributed by atoms with Gasteiger partial charge in [0.25, 0.3) is 0 Å². The van der Waals surface area contributed by atoms with Gasteiger partial charge in [0.2, 0.25) is 0 Å².